The van der Waals surface area contributed by atoms with Crippen LogP contribution >= 0.6 is 0 Å². The van der Waals surface area contributed by atoms with Gasteiger partial charge in [-0.3, -0.25) is 4.31 Å². The van der Waals surface area contributed by atoms with Gasteiger partial charge in [0.15, 0.2) is 5.82 Å². The second kappa shape index (κ2) is 7.66. The summed E-state index contributed by atoms with van der Waals surface area (Å²) in [5.41, 5.74) is 0.545. The number of aromatic nitrogens is 4. The van der Waals surface area contributed by atoms with Crippen molar-refractivity contribution in [2.45, 2.75) is 30.4 Å². The molecule has 31 heavy (non-hydrogen) atoms. The van der Waals surface area contributed by atoms with Gasteiger partial charge >= 0.3 is 0 Å². The van der Waals surface area contributed by atoms with Gasteiger partial charge in [0.25, 0.3) is 10.0 Å². The number of ether oxygens (including phenoxy) is 1. The Balaban J connectivity index is 1.31. The molecule has 1 saturated carbocycles. The van der Waals surface area contributed by atoms with Crippen molar-refractivity contribution in [1.29, 1.82) is 0 Å². The van der Waals surface area contributed by atoms with Gasteiger partial charge in [0.05, 0.1) is 16.6 Å². The summed E-state index contributed by atoms with van der Waals surface area (Å²) in [6.45, 7) is 0.258. The maximum Gasteiger partial charge on any atom is 0.264 e. The quantitative estimate of drug-likeness (QED) is 0.441. The molecule has 1 aliphatic carbocycles. The molecule has 0 atom stereocenters. The second-order valence-corrected chi connectivity index (χ2v) is 9.50. The molecule has 1 fully saturated rings. The second-order valence-electron chi connectivity index (χ2n) is 7.53. The van der Waals surface area contributed by atoms with Crippen molar-refractivity contribution < 1.29 is 13.2 Å². The Morgan fingerprint density at radius 1 is 1.03 bits per heavy atom. The molecule has 0 N–H and O–H groups in total. The topological polar surface area (TPSA) is 90.2 Å². The molecule has 3 aromatic carbocycles. The number of hydrogen-bond donors (Lipinski definition) is 0. The zero-order chi connectivity index (χ0) is 21.4. The van der Waals surface area contributed by atoms with E-state index in [1.165, 1.54) is 4.31 Å². The predicted molar refractivity (Wildman–Crippen MR) is 116 cm³/mol. The van der Waals surface area contributed by atoms with Crippen LogP contribution in [0.3, 0.4) is 0 Å². The molecule has 1 aliphatic rings. The summed E-state index contributed by atoms with van der Waals surface area (Å²) in [6.07, 6.45) is 2.18. The van der Waals surface area contributed by atoms with Crippen LogP contribution in [0, 0.1) is 0 Å². The van der Waals surface area contributed by atoms with E-state index in [9.17, 15) is 8.42 Å². The highest BCUT2D eigenvalue weighted by Crippen LogP contribution is 2.34. The van der Waals surface area contributed by atoms with Crippen LogP contribution in [0.4, 0.5) is 5.69 Å². The summed E-state index contributed by atoms with van der Waals surface area (Å²) < 4.78 is 35.1. The Hall–Kier alpha value is -3.46. The molecule has 1 heterocycles. The molecule has 0 unspecified atom stereocenters. The number of benzene rings is 3. The maximum absolute atomic E-state index is 13.1. The van der Waals surface area contributed by atoms with E-state index in [0.717, 1.165) is 23.6 Å². The van der Waals surface area contributed by atoms with Crippen molar-refractivity contribution in [2.24, 2.45) is 0 Å². The number of nitrogens with zero attached hydrogens (tertiary/aromatic N) is 5. The van der Waals surface area contributed by atoms with Gasteiger partial charge in [0, 0.05) is 7.05 Å². The highest BCUT2D eigenvalue weighted by Gasteiger charge is 2.28. The van der Waals surface area contributed by atoms with Crippen LogP contribution in [0.1, 0.15) is 24.7 Å². The largest absolute Gasteiger partial charge is 0.486 e. The Bertz CT molecular complexity index is 1330. The first-order valence-electron chi connectivity index (χ1n) is 10.00. The highest BCUT2D eigenvalue weighted by atomic mass is 32.2. The fourth-order valence-corrected chi connectivity index (χ4v) is 4.67. The standard InChI is InChI=1S/C22H21N5O3S/c1-26(31(28,29)21-13-6-16-4-2-3-5-17(16)14-21)18-9-11-20(12-10-18)30-15-22-23-24-25-27(22)19-7-8-19/h2-6,9-14,19H,7-8,15H2,1H3. The van der Waals surface area contributed by atoms with Gasteiger partial charge in [-0.05, 0) is 70.4 Å². The summed E-state index contributed by atoms with van der Waals surface area (Å²) in [4.78, 5) is 0.251. The molecular formula is C22H21N5O3S. The van der Waals surface area contributed by atoms with Gasteiger partial charge in [-0.2, -0.15) is 0 Å². The summed E-state index contributed by atoms with van der Waals surface area (Å²) >= 11 is 0. The number of anilines is 1. The van der Waals surface area contributed by atoms with E-state index in [4.69, 9.17) is 4.74 Å². The minimum Gasteiger partial charge on any atom is -0.486 e. The summed E-state index contributed by atoms with van der Waals surface area (Å²) in [5.74, 6) is 1.30. The summed E-state index contributed by atoms with van der Waals surface area (Å²) in [5, 5.41) is 13.6. The Labute approximate surface area is 180 Å². The first kappa shape index (κ1) is 19.5. The molecule has 0 amide bonds. The van der Waals surface area contributed by atoms with Crippen LogP contribution in [0.5, 0.6) is 5.75 Å². The lowest BCUT2D eigenvalue weighted by atomic mass is 10.1. The molecule has 0 bridgehead atoms. The zero-order valence-electron chi connectivity index (χ0n) is 16.9. The van der Waals surface area contributed by atoms with Crippen molar-refractivity contribution in [3.8, 4) is 5.75 Å². The van der Waals surface area contributed by atoms with Crippen LogP contribution < -0.4 is 9.04 Å². The minimum atomic E-state index is -3.69. The van der Waals surface area contributed by atoms with Gasteiger partial charge in [0.2, 0.25) is 0 Å². The Morgan fingerprint density at radius 2 is 1.77 bits per heavy atom. The molecule has 1 aromatic heterocycles. The molecule has 4 aromatic rings. The number of tetrazole rings is 1. The van der Waals surface area contributed by atoms with Crippen molar-refractivity contribution in [3.05, 3.63) is 72.6 Å². The molecular weight excluding hydrogens is 414 g/mol. The van der Waals surface area contributed by atoms with E-state index < -0.39 is 10.0 Å². The van der Waals surface area contributed by atoms with Gasteiger partial charge in [0.1, 0.15) is 12.4 Å². The normalized spacial score (nSPS) is 14.0. The minimum absolute atomic E-state index is 0.251. The van der Waals surface area contributed by atoms with Crippen LogP contribution in [0.25, 0.3) is 10.8 Å². The highest BCUT2D eigenvalue weighted by molar-refractivity contribution is 7.92. The van der Waals surface area contributed by atoms with E-state index in [1.54, 1.807) is 48.1 Å². The number of fused-ring (bicyclic) bond motifs is 1. The number of rotatable bonds is 7. The van der Waals surface area contributed by atoms with Crippen LogP contribution in [-0.4, -0.2) is 35.7 Å². The average molecular weight is 436 g/mol. The molecule has 5 rings (SSSR count). The van der Waals surface area contributed by atoms with Crippen molar-refractivity contribution in [2.75, 3.05) is 11.4 Å². The van der Waals surface area contributed by atoms with Crippen molar-refractivity contribution >= 4 is 26.5 Å². The van der Waals surface area contributed by atoms with Gasteiger partial charge in [-0.1, -0.05) is 30.3 Å². The SMILES string of the molecule is CN(c1ccc(OCc2nnnn2C2CC2)cc1)S(=O)(=O)c1ccc2ccccc2c1. The Morgan fingerprint density at radius 3 is 2.52 bits per heavy atom. The fourth-order valence-electron chi connectivity index (χ4n) is 3.43. The van der Waals surface area contributed by atoms with Gasteiger partial charge in [-0.25, -0.2) is 13.1 Å². The lowest BCUT2D eigenvalue weighted by Crippen LogP contribution is -2.26. The zero-order valence-corrected chi connectivity index (χ0v) is 17.7. The van der Waals surface area contributed by atoms with Gasteiger partial charge < -0.3 is 4.74 Å². The summed E-state index contributed by atoms with van der Waals surface area (Å²) in [6, 6.07) is 20.1. The smallest absolute Gasteiger partial charge is 0.264 e. The monoisotopic (exact) mass is 435 g/mol. The van der Waals surface area contributed by atoms with Crippen molar-refractivity contribution in [1.82, 2.24) is 20.2 Å². The lowest BCUT2D eigenvalue weighted by Gasteiger charge is -2.20. The molecule has 158 valence electrons. The number of hydrogen-bond acceptors (Lipinski definition) is 6. The maximum atomic E-state index is 13.1. The first-order valence-corrected chi connectivity index (χ1v) is 11.4. The van der Waals surface area contributed by atoms with Crippen LogP contribution in [0.15, 0.2) is 71.6 Å². The van der Waals surface area contributed by atoms with E-state index >= 15 is 0 Å². The molecule has 0 radical (unpaired) electrons. The Kier molecular flexibility index (Phi) is 4.82. The van der Waals surface area contributed by atoms with E-state index in [-0.39, 0.29) is 11.5 Å². The predicted octanol–water partition coefficient (Wildman–Crippen LogP) is 3.57. The third-order valence-corrected chi connectivity index (χ3v) is 7.18. The van der Waals surface area contributed by atoms with E-state index in [1.807, 2.05) is 30.3 Å². The van der Waals surface area contributed by atoms with Crippen molar-refractivity contribution in [3.63, 3.8) is 0 Å². The van der Waals surface area contributed by atoms with Crippen LogP contribution in [-0.2, 0) is 16.6 Å². The molecule has 9 heteroatoms. The third kappa shape index (κ3) is 3.84. The van der Waals surface area contributed by atoms with E-state index in [2.05, 4.69) is 15.5 Å². The lowest BCUT2D eigenvalue weighted by molar-refractivity contribution is 0.286. The fraction of sp³-hybridized carbons (Fsp3) is 0.227. The molecule has 0 spiro atoms. The van der Waals surface area contributed by atoms with E-state index in [0.29, 0.717) is 23.3 Å². The van der Waals surface area contributed by atoms with Gasteiger partial charge in [-0.15, -0.1) is 5.10 Å². The molecule has 8 nitrogen and oxygen atoms in total. The first-order chi connectivity index (χ1) is 15.0. The number of sulfonamides is 1. The molecule has 0 aliphatic heterocycles. The summed E-state index contributed by atoms with van der Waals surface area (Å²) in [7, 11) is -2.14. The average Bonchev–Trinajstić information content (AvgIpc) is 3.54. The third-order valence-electron chi connectivity index (χ3n) is 5.40. The molecule has 0 saturated heterocycles. The van der Waals surface area contributed by atoms with Crippen LogP contribution in [0.2, 0.25) is 0 Å².